The Bertz CT molecular complexity index is 1450. The van der Waals surface area contributed by atoms with Gasteiger partial charge in [0.15, 0.2) is 0 Å². The summed E-state index contributed by atoms with van der Waals surface area (Å²) in [6.07, 6.45) is 1.97. The van der Waals surface area contributed by atoms with Crippen LogP contribution in [0.1, 0.15) is 44.2 Å². The average Bonchev–Trinajstić information content (AvgIpc) is 2.97. The molecule has 1 N–H and O–H groups in total. The van der Waals surface area contributed by atoms with Gasteiger partial charge in [-0.25, -0.2) is 8.42 Å². The number of nitrogens with one attached hydrogen (secondary N) is 1. The largest absolute Gasteiger partial charge is 0.354 e. The molecule has 41 heavy (non-hydrogen) atoms. The molecule has 0 unspecified atom stereocenters. The summed E-state index contributed by atoms with van der Waals surface area (Å²) in [4.78, 5) is 39.4. The topological polar surface area (TPSA) is 130 Å². The third-order valence-corrected chi connectivity index (χ3v) is 8.42. The van der Waals surface area contributed by atoms with Crippen molar-refractivity contribution < 1.29 is 22.9 Å². The van der Waals surface area contributed by atoms with E-state index in [1.165, 1.54) is 35.2 Å². The first-order chi connectivity index (χ1) is 19.6. The van der Waals surface area contributed by atoms with E-state index in [4.69, 9.17) is 0 Å². The van der Waals surface area contributed by atoms with E-state index >= 15 is 0 Å². The molecule has 2 amide bonds. The minimum Gasteiger partial charge on any atom is -0.354 e. The maximum Gasteiger partial charge on any atom is 0.271 e. The van der Waals surface area contributed by atoms with Crippen LogP contribution in [0.5, 0.6) is 0 Å². The average molecular weight is 581 g/mol. The maximum atomic E-state index is 14.0. The van der Waals surface area contributed by atoms with Crippen LogP contribution < -0.4 is 9.62 Å². The number of non-ortho nitro benzene ring substituents is 1. The fraction of sp³-hybridized carbons (Fsp3) is 0.333. The molecule has 0 bridgehead atoms. The van der Waals surface area contributed by atoms with E-state index in [0.29, 0.717) is 13.0 Å². The Kier molecular flexibility index (Phi) is 11.0. The number of anilines is 1. The summed E-state index contributed by atoms with van der Waals surface area (Å²) in [6.45, 7) is 5.61. The third-order valence-electron chi connectivity index (χ3n) is 6.63. The van der Waals surface area contributed by atoms with Crippen LogP contribution in [0.15, 0.2) is 83.8 Å². The number of carbonyl (C=O) groups excluding carboxylic acids is 2. The van der Waals surface area contributed by atoms with Gasteiger partial charge in [0.25, 0.3) is 15.7 Å². The van der Waals surface area contributed by atoms with Gasteiger partial charge in [0.05, 0.1) is 15.5 Å². The van der Waals surface area contributed by atoms with Crippen LogP contribution in [0.2, 0.25) is 0 Å². The molecule has 218 valence electrons. The van der Waals surface area contributed by atoms with Gasteiger partial charge in [0.1, 0.15) is 12.6 Å². The first kappa shape index (κ1) is 31.3. The van der Waals surface area contributed by atoms with Crippen molar-refractivity contribution in [3.8, 4) is 0 Å². The zero-order valence-corrected chi connectivity index (χ0v) is 24.3. The lowest BCUT2D eigenvalue weighted by molar-refractivity contribution is -0.384. The van der Waals surface area contributed by atoms with Crippen LogP contribution in [0.4, 0.5) is 11.4 Å². The molecule has 0 heterocycles. The summed E-state index contributed by atoms with van der Waals surface area (Å²) in [5.74, 6) is -0.941. The number of nitro groups is 1. The predicted octanol–water partition coefficient (Wildman–Crippen LogP) is 4.82. The van der Waals surface area contributed by atoms with Gasteiger partial charge in [-0.05, 0) is 43.5 Å². The van der Waals surface area contributed by atoms with Crippen molar-refractivity contribution in [2.45, 2.75) is 57.5 Å². The number of aryl methyl sites for hydroxylation is 1. The van der Waals surface area contributed by atoms with Gasteiger partial charge in [-0.1, -0.05) is 74.4 Å². The van der Waals surface area contributed by atoms with E-state index in [1.54, 1.807) is 25.1 Å². The lowest BCUT2D eigenvalue weighted by Gasteiger charge is -2.33. The molecule has 3 aromatic rings. The summed E-state index contributed by atoms with van der Waals surface area (Å²) in [5, 5.41) is 14.4. The number of nitrogens with zero attached hydrogens (tertiary/aromatic N) is 3. The van der Waals surface area contributed by atoms with Crippen LogP contribution in [-0.2, 0) is 26.2 Å². The van der Waals surface area contributed by atoms with Gasteiger partial charge in [0.2, 0.25) is 11.8 Å². The van der Waals surface area contributed by atoms with Crippen molar-refractivity contribution >= 4 is 33.2 Å². The molecule has 0 saturated carbocycles. The van der Waals surface area contributed by atoms with Gasteiger partial charge in [-0.2, -0.15) is 0 Å². The van der Waals surface area contributed by atoms with Crippen molar-refractivity contribution in [3.63, 3.8) is 0 Å². The van der Waals surface area contributed by atoms with Crippen LogP contribution in [0, 0.1) is 17.0 Å². The standard InChI is InChI=1S/C30H36N4O6S/c1-4-6-19-31-30(36)28(5-2)32(21-24-17-15-23(3)16-18-24)29(35)22-33(25-11-10-12-26(20-25)34(37)38)41(39,40)27-13-8-7-9-14-27/h7-18,20,28H,4-6,19,21-22H2,1-3H3,(H,31,36)/t28-/m0/s1. The zero-order valence-electron chi connectivity index (χ0n) is 23.5. The molecule has 0 aromatic heterocycles. The molecule has 3 aromatic carbocycles. The fourth-order valence-corrected chi connectivity index (χ4v) is 5.75. The van der Waals surface area contributed by atoms with E-state index in [0.717, 1.165) is 34.3 Å². The second-order valence-corrected chi connectivity index (χ2v) is 11.5. The quantitative estimate of drug-likeness (QED) is 0.165. The van der Waals surface area contributed by atoms with Crippen LogP contribution >= 0.6 is 0 Å². The molecule has 1 atom stereocenters. The number of carbonyl (C=O) groups is 2. The van der Waals surface area contributed by atoms with Gasteiger partial charge in [0, 0.05) is 25.2 Å². The lowest BCUT2D eigenvalue weighted by atomic mass is 10.1. The minimum atomic E-state index is -4.31. The Morgan fingerprint density at radius 2 is 1.66 bits per heavy atom. The third kappa shape index (κ3) is 8.14. The second kappa shape index (κ2) is 14.4. The Labute approximate surface area is 241 Å². The number of benzene rings is 3. The van der Waals surface area contributed by atoms with Crippen molar-refractivity contribution in [1.29, 1.82) is 0 Å². The molecule has 0 aliphatic carbocycles. The second-order valence-electron chi connectivity index (χ2n) is 9.68. The zero-order chi connectivity index (χ0) is 30.0. The normalized spacial score (nSPS) is 11.9. The molecule has 0 saturated heterocycles. The van der Waals surface area contributed by atoms with Gasteiger partial charge >= 0.3 is 0 Å². The fourth-order valence-electron chi connectivity index (χ4n) is 4.33. The number of hydrogen-bond donors (Lipinski definition) is 1. The van der Waals surface area contributed by atoms with E-state index in [-0.39, 0.29) is 28.7 Å². The molecule has 10 nitrogen and oxygen atoms in total. The van der Waals surface area contributed by atoms with Crippen molar-refractivity contribution in [2.24, 2.45) is 0 Å². The van der Waals surface area contributed by atoms with E-state index < -0.39 is 33.4 Å². The van der Waals surface area contributed by atoms with Crippen LogP contribution in [0.3, 0.4) is 0 Å². The summed E-state index contributed by atoms with van der Waals surface area (Å²) in [7, 11) is -4.31. The first-order valence-corrected chi connectivity index (χ1v) is 15.0. The predicted molar refractivity (Wildman–Crippen MR) is 158 cm³/mol. The van der Waals surface area contributed by atoms with Crippen molar-refractivity contribution in [3.05, 3.63) is 100 Å². The van der Waals surface area contributed by atoms with E-state index in [2.05, 4.69) is 5.32 Å². The van der Waals surface area contributed by atoms with Gasteiger partial charge < -0.3 is 10.2 Å². The first-order valence-electron chi connectivity index (χ1n) is 13.5. The van der Waals surface area contributed by atoms with E-state index in [9.17, 15) is 28.1 Å². The van der Waals surface area contributed by atoms with E-state index in [1.807, 2.05) is 38.1 Å². The SMILES string of the molecule is CCCCNC(=O)[C@H](CC)N(Cc1ccc(C)cc1)C(=O)CN(c1cccc([N+](=O)[O-])c1)S(=O)(=O)c1ccccc1. The summed E-state index contributed by atoms with van der Waals surface area (Å²) in [5.41, 5.74) is 1.45. The summed E-state index contributed by atoms with van der Waals surface area (Å²) in [6, 6.07) is 19.3. The molecule has 0 fully saturated rings. The van der Waals surface area contributed by atoms with Crippen molar-refractivity contribution in [2.75, 3.05) is 17.4 Å². The van der Waals surface area contributed by atoms with Crippen molar-refractivity contribution in [1.82, 2.24) is 10.2 Å². The Morgan fingerprint density at radius 3 is 2.27 bits per heavy atom. The van der Waals surface area contributed by atoms with Gasteiger partial charge in [-0.15, -0.1) is 0 Å². The number of rotatable bonds is 14. The highest BCUT2D eigenvalue weighted by molar-refractivity contribution is 7.92. The molecule has 0 spiro atoms. The molecular weight excluding hydrogens is 544 g/mol. The van der Waals surface area contributed by atoms with Gasteiger partial charge in [-0.3, -0.25) is 24.0 Å². The number of hydrogen-bond acceptors (Lipinski definition) is 6. The monoisotopic (exact) mass is 580 g/mol. The number of sulfonamides is 1. The minimum absolute atomic E-state index is 0.0351. The molecule has 0 radical (unpaired) electrons. The molecule has 0 aliphatic heterocycles. The lowest BCUT2D eigenvalue weighted by Crippen LogP contribution is -2.52. The molecule has 0 aliphatic rings. The Balaban J connectivity index is 2.06. The van der Waals surface area contributed by atoms with Crippen LogP contribution in [0.25, 0.3) is 0 Å². The number of nitro benzene ring substituents is 1. The highest BCUT2D eigenvalue weighted by Gasteiger charge is 2.34. The summed E-state index contributed by atoms with van der Waals surface area (Å²) < 4.78 is 28.5. The Morgan fingerprint density at radius 1 is 0.976 bits per heavy atom. The Hall–Kier alpha value is -4.25. The smallest absolute Gasteiger partial charge is 0.271 e. The summed E-state index contributed by atoms with van der Waals surface area (Å²) >= 11 is 0. The number of unbranched alkanes of at least 4 members (excludes halogenated alkanes) is 1. The van der Waals surface area contributed by atoms with Crippen LogP contribution in [-0.4, -0.2) is 49.2 Å². The highest BCUT2D eigenvalue weighted by atomic mass is 32.2. The number of amides is 2. The highest BCUT2D eigenvalue weighted by Crippen LogP contribution is 2.27. The molecule has 11 heteroatoms. The molecular formula is C30H36N4O6S. The maximum absolute atomic E-state index is 14.0. The molecule has 3 rings (SSSR count).